The van der Waals surface area contributed by atoms with Crippen LogP contribution in [0.2, 0.25) is 0 Å². The molecule has 2 aromatic carbocycles. The first-order valence-electron chi connectivity index (χ1n) is 7.87. The molecule has 1 amide bonds. The third kappa shape index (κ3) is 3.37. The van der Waals surface area contributed by atoms with Crippen LogP contribution in [-0.2, 0) is 4.79 Å². The van der Waals surface area contributed by atoms with Gasteiger partial charge in [-0.3, -0.25) is 4.79 Å². The summed E-state index contributed by atoms with van der Waals surface area (Å²) in [5, 5.41) is 13.1. The summed E-state index contributed by atoms with van der Waals surface area (Å²) in [6.07, 6.45) is 3.32. The molecule has 1 aromatic heterocycles. The van der Waals surface area contributed by atoms with E-state index in [4.69, 9.17) is 9.47 Å². The fourth-order valence-corrected chi connectivity index (χ4v) is 2.62. The molecule has 130 valence electrons. The van der Waals surface area contributed by atoms with Crippen LogP contribution in [0.4, 0.5) is 5.69 Å². The van der Waals surface area contributed by atoms with Gasteiger partial charge >= 0.3 is 0 Å². The van der Waals surface area contributed by atoms with Crippen molar-refractivity contribution >= 4 is 28.6 Å². The third-order valence-corrected chi connectivity index (χ3v) is 3.94. The van der Waals surface area contributed by atoms with Gasteiger partial charge in [-0.25, -0.2) is 0 Å². The zero-order chi connectivity index (χ0) is 18.5. The molecule has 0 aliphatic heterocycles. The number of H-pyrrole nitrogens is 1. The minimum atomic E-state index is -0.524. The number of para-hydroxylation sites is 1. The van der Waals surface area contributed by atoms with E-state index in [1.165, 1.54) is 14.2 Å². The lowest BCUT2D eigenvalue weighted by Gasteiger charge is -2.11. The number of rotatable bonds is 5. The van der Waals surface area contributed by atoms with Gasteiger partial charge in [0, 0.05) is 28.7 Å². The molecule has 0 bridgehead atoms. The van der Waals surface area contributed by atoms with Crippen LogP contribution in [0, 0.1) is 11.3 Å². The van der Waals surface area contributed by atoms with Gasteiger partial charge < -0.3 is 19.8 Å². The first-order valence-corrected chi connectivity index (χ1v) is 7.87. The number of aromatic nitrogens is 1. The topological polar surface area (TPSA) is 87.1 Å². The Balaban J connectivity index is 1.92. The van der Waals surface area contributed by atoms with Gasteiger partial charge in [0.15, 0.2) is 0 Å². The Bertz CT molecular complexity index is 1030. The largest absolute Gasteiger partial charge is 0.497 e. The fourth-order valence-electron chi connectivity index (χ4n) is 2.62. The van der Waals surface area contributed by atoms with Gasteiger partial charge in [-0.2, -0.15) is 5.26 Å². The van der Waals surface area contributed by atoms with Crippen LogP contribution in [-0.4, -0.2) is 25.1 Å². The zero-order valence-electron chi connectivity index (χ0n) is 14.4. The number of methoxy groups -OCH3 is 2. The third-order valence-electron chi connectivity index (χ3n) is 3.94. The van der Waals surface area contributed by atoms with Crippen molar-refractivity contribution in [2.75, 3.05) is 19.5 Å². The summed E-state index contributed by atoms with van der Waals surface area (Å²) >= 11 is 0. The van der Waals surface area contributed by atoms with E-state index in [0.29, 0.717) is 17.2 Å². The Morgan fingerprint density at radius 3 is 2.73 bits per heavy atom. The van der Waals surface area contributed by atoms with Crippen molar-refractivity contribution in [1.82, 2.24) is 4.98 Å². The number of aromatic amines is 1. The van der Waals surface area contributed by atoms with Crippen molar-refractivity contribution in [1.29, 1.82) is 5.26 Å². The Hall–Kier alpha value is -3.72. The van der Waals surface area contributed by atoms with Crippen molar-refractivity contribution in [3.63, 3.8) is 0 Å². The molecule has 3 aromatic rings. The minimum absolute atomic E-state index is 0.0142. The number of hydrogen-bond acceptors (Lipinski definition) is 4. The Morgan fingerprint density at radius 2 is 2.00 bits per heavy atom. The van der Waals surface area contributed by atoms with E-state index >= 15 is 0 Å². The van der Waals surface area contributed by atoms with E-state index < -0.39 is 5.91 Å². The molecule has 0 fully saturated rings. The molecule has 0 atom stereocenters. The van der Waals surface area contributed by atoms with E-state index in [1.807, 2.05) is 30.3 Å². The number of ether oxygens (including phenoxy) is 2. The van der Waals surface area contributed by atoms with Crippen LogP contribution in [0.3, 0.4) is 0 Å². The lowest BCUT2D eigenvalue weighted by molar-refractivity contribution is -0.112. The number of amides is 1. The van der Waals surface area contributed by atoms with Crippen LogP contribution in [0.15, 0.2) is 54.2 Å². The average molecular weight is 347 g/mol. The number of nitriles is 1. The summed E-state index contributed by atoms with van der Waals surface area (Å²) in [7, 11) is 3.04. The van der Waals surface area contributed by atoms with Crippen molar-refractivity contribution in [3.8, 4) is 17.6 Å². The average Bonchev–Trinajstić information content (AvgIpc) is 3.08. The molecule has 6 heteroatoms. The summed E-state index contributed by atoms with van der Waals surface area (Å²) in [6, 6.07) is 14.7. The molecular weight excluding hydrogens is 330 g/mol. The van der Waals surface area contributed by atoms with Crippen LogP contribution in [0.25, 0.3) is 17.0 Å². The van der Waals surface area contributed by atoms with Crippen LogP contribution < -0.4 is 14.8 Å². The molecule has 2 N–H and O–H groups in total. The highest BCUT2D eigenvalue weighted by Gasteiger charge is 2.14. The maximum absolute atomic E-state index is 12.6. The SMILES string of the molecule is COc1ccc(OC)c(NC(=O)C(C#N)=Cc2c[nH]c3ccccc23)c1. The van der Waals surface area contributed by atoms with Gasteiger partial charge in [-0.15, -0.1) is 0 Å². The second-order valence-electron chi connectivity index (χ2n) is 5.48. The molecule has 0 unspecified atom stereocenters. The molecule has 1 heterocycles. The maximum Gasteiger partial charge on any atom is 0.266 e. The Labute approximate surface area is 150 Å². The summed E-state index contributed by atoms with van der Waals surface area (Å²) in [4.78, 5) is 15.7. The normalized spacial score (nSPS) is 11.0. The molecule has 0 aliphatic rings. The molecule has 26 heavy (non-hydrogen) atoms. The lowest BCUT2D eigenvalue weighted by atomic mass is 10.1. The molecule has 0 aliphatic carbocycles. The summed E-state index contributed by atoms with van der Waals surface area (Å²) in [5.41, 5.74) is 2.12. The molecule has 0 spiro atoms. The quantitative estimate of drug-likeness (QED) is 0.544. The Kier molecular flexibility index (Phi) is 4.90. The number of carbonyl (C=O) groups is 1. The molecule has 0 radical (unpaired) electrons. The second-order valence-corrected chi connectivity index (χ2v) is 5.48. The van der Waals surface area contributed by atoms with Crippen molar-refractivity contribution in [3.05, 3.63) is 59.8 Å². The van der Waals surface area contributed by atoms with Crippen molar-refractivity contribution < 1.29 is 14.3 Å². The van der Waals surface area contributed by atoms with Crippen LogP contribution in [0.5, 0.6) is 11.5 Å². The number of nitrogens with zero attached hydrogens (tertiary/aromatic N) is 1. The summed E-state index contributed by atoms with van der Waals surface area (Å²) < 4.78 is 10.4. The molecule has 6 nitrogen and oxygen atoms in total. The predicted molar refractivity (Wildman–Crippen MR) is 100 cm³/mol. The van der Waals surface area contributed by atoms with Gasteiger partial charge in [0.25, 0.3) is 5.91 Å². The maximum atomic E-state index is 12.6. The molecule has 0 saturated heterocycles. The standard InChI is InChI=1S/C20H17N3O3/c1-25-15-7-8-19(26-2)18(10-15)23-20(24)13(11-21)9-14-12-22-17-6-4-3-5-16(14)17/h3-10,12,22H,1-2H3,(H,23,24). The fraction of sp³-hybridized carbons (Fsp3) is 0.100. The van der Waals surface area contributed by atoms with E-state index in [9.17, 15) is 10.1 Å². The van der Waals surface area contributed by atoms with Crippen LogP contribution in [0.1, 0.15) is 5.56 Å². The van der Waals surface area contributed by atoms with Gasteiger partial charge in [0.2, 0.25) is 0 Å². The highest BCUT2D eigenvalue weighted by molar-refractivity contribution is 6.11. The smallest absolute Gasteiger partial charge is 0.266 e. The van der Waals surface area contributed by atoms with Crippen molar-refractivity contribution in [2.45, 2.75) is 0 Å². The number of benzene rings is 2. The summed E-state index contributed by atoms with van der Waals surface area (Å²) in [6.45, 7) is 0. The highest BCUT2D eigenvalue weighted by atomic mass is 16.5. The summed E-state index contributed by atoms with van der Waals surface area (Å²) in [5.74, 6) is 0.521. The highest BCUT2D eigenvalue weighted by Crippen LogP contribution is 2.29. The number of hydrogen-bond donors (Lipinski definition) is 2. The van der Waals surface area contributed by atoms with Crippen molar-refractivity contribution in [2.24, 2.45) is 0 Å². The van der Waals surface area contributed by atoms with Crippen LogP contribution >= 0.6 is 0 Å². The number of fused-ring (bicyclic) bond motifs is 1. The Morgan fingerprint density at radius 1 is 1.19 bits per heavy atom. The molecular formula is C20H17N3O3. The first-order chi connectivity index (χ1) is 12.7. The number of carbonyl (C=O) groups excluding carboxylic acids is 1. The van der Waals surface area contributed by atoms with Gasteiger partial charge in [-0.05, 0) is 24.3 Å². The number of nitrogens with one attached hydrogen (secondary N) is 2. The lowest BCUT2D eigenvalue weighted by Crippen LogP contribution is -2.14. The minimum Gasteiger partial charge on any atom is -0.497 e. The predicted octanol–water partition coefficient (Wildman–Crippen LogP) is 3.73. The first kappa shape index (κ1) is 17.1. The zero-order valence-corrected chi connectivity index (χ0v) is 14.4. The molecule has 0 saturated carbocycles. The van der Waals surface area contributed by atoms with E-state index in [2.05, 4.69) is 10.3 Å². The van der Waals surface area contributed by atoms with Gasteiger partial charge in [0.05, 0.1) is 19.9 Å². The van der Waals surface area contributed by atoms with E-state index in [1.54, 1.807) is 30.5 Å². The van der Waals surface area contributed by atoms with E-state index in [-0.39, 0.29) is 5.57 Å². The monoisotopic (exact) mass is 347 g/mol. The van der Waals surface area contributed by atoms with Gasteiger partial charge in [0.1, 0.15) is 23.1 Å². The molecule has 3 rings (SSSR count). The van der Waals surface area contributed by atoms with Gasteiger partial charge in [-0.1, -0.05) is 18.2 Å². The number of anilines is 1. The second kappa shape index (κ2) is 7.45. The van der Waals surface area contributed by atoms with E-state index in [0.717, 1.165) is 16.5 Å².